The van der Waals surface area contributed by atoms with Gasteiger partial charge in [0, 0.05) is 12.6 Å². The van der Waals surface area contributed by atoms with Gasteiger partial charge in [-0.3, -0.25) is 9.59 Å². The Morgan fingerprint density at radius 1 is 1.31 bits per heavy atom. The quantitative estimate of drug-likeness (QED) is 0.723. The van der Waals surface area contributed by atoms with Crippen molar-refractivity contribution in [2.45, 2.75) is 13.5 Å². The molecular formula is C19H14FN3O2S. The molecule has 0 aliphatic heterocycles. The summed E-state index contributed by atoms with van der Waals surface area (Å²) in [6.07, 6.45) is 5.43. The van der Waals surface area contributed by atoms with Crippen molar-refractivity contribution in [3.05, 3.63) is 58.6 Å². The lowest BCUT2D eigenvalue weighted by Crippen LogP contribution is -2.16. The van der Waals surface area contributed by atoms with E-state index in [9.17, 15) is 14.0 Å². The second-order valence-electron chi connectivity index (χ2n) is 5.44. The van der Waals surface area contributed by atoms with E-state index in [4.69, 9.17) is 6.42 Å². The predicted octanol–water partition coefficient (Wildman–Crippen LogP) is 3.17. The highest BCUT2D eigenvalue weighted by molar-refractivity contribution is 7.16. The summed E-state index contributed by atoms with van der Waals surface area (Å²) >= 11 is 1.24. The minimum absolute atomic E-state index is 0.101. The third-order valence-corrected chi connectivity index (χ3v) is 4.60. The summed E-state index contributed by atoms with van der Waals surface area (Å²) in [5, 5.41) is 2.70. The van der Waals surface area contributed by atoms with Gasteiger partial charge in [0.2, 0.25) is 5.91 Å². The van der Waals surface area contributed by atoms with Crippen LogP contribution in [0.4, 0.5) is 10.1 Å². The summed E-state index contributed by atoms with van der Waals surface area (Å²) in [5.74, 6) is 1.04. The molecular weight excluding hydrogens is 353 g/mol. The zero-order chi connectivity index (χ0) is 18.7. The SMILES string of the molecule is C#CCn1c(=NC(=O)c2ccccc2F)sc2cc(NC(C)=O)ccc21. The number of anilines is 1. The van der Waals surface area contributed by atoms with Crippen molar-refractivity contribution in [1.82, 2.24) is 4.57 Å². The number of nitrogens with one attached hydrogen (secondary N) is 1. The highest BCUT2D eigenvalue weighted by atomic mass is 32.1. The first-order chi connectivity index (χ1) is 12.5. The maximum Gasteiger partial charge on any atom is 0.282 e. The first kappa shape index (κ1) is 17.6. The molecule has 0 spiro atoms. The van der Waals surface area contributed by atoms with Crippen molar-refractivity contribution >= 4 is 39.1 Å². The molecule has 130 valence electrons. The number of terminal acetylenes is 1. The Morgan fingerprint density at radius 3 is 2.77 bits per heavy atom. The second-order valence-corrected chi connectivity index (χ2v) is 6.44. The van der Waals surface area contributed by atoms with Crippen LogP contribution in [0.5, 0.6) is 0 Å². The average molecular weight is 367 g/mol. The monoisotopic (exact) mass is 367 g/mol. The topological polar surface area (TPSA) is 63.5 Å². The molecule has 0 saturated carbocycles. The van der Waals surface area contributed by atoms with Crippen LogP contribution in [0.3, 0.4) is 0 Å². The Morgan fingerprint density at radius 2 is 2.08 bits per heavy atom. The van der Waals surface area contributed by atoms with Gasteiger partial charge in [0.15, 0.2) is 4.80 Å². The van der Waals surface area contributed by atoms with Crippen molar-refractivity contribution in [3.63, 3.8) is 0 Å². The molecule has 1 aromatic heterocycles. The minimum atomic E-state index is -0.678. The minimum Gasteiger partial charge on any atom is -0.326 e. The largest absolute Gasteiger partial charge is 0.326 e. The molecule has 0 unspecified atom stereocenters. The van der Waals surface area contributed by atoms with Crippen molar-refractivity contribution < 1.29 is 14.0 Å². The number of carbonyl (C=O) groups excluding carboxylic acids is 2. The van der Waals surface area contributed by atoms with Gasteiger partial charge in [0.1, 0.15) is 5.82 Å². The van der Waals surface area contributed by atoms with Crippen LogP contribution >= 0.6 is 11.3 Å². The molecule has 1 N–H and O–H groups in total. The molecule has 0 aliphatic rings. The van der Waals surface area contributed by atoms with Crippen LogP contribution in [0.15, 0.2) is 47.5 Å². The Hall–Kier alpha value is -3.24. The molecule has 2 aromatic carbocycles. The van der Waals surface area contributed by atoms with E-state index >= 15 is 0 Å². The fraction of sp³-hybridized carbons (Fsp3) is 0.105. The van der Waals surface area contributed by atoms with Gasteiger partial charge in [0.25, 0.3) is 5.91 Å². The van der Waals surface area contributed by atoms with E-state index in [1.165, 1.54) is 36.5 Å². The lowest BCUT2D eigenvalue weighted by Gasteiger charge is -2.03. The van der Waals surface area contributed by atoms with Crippen LogP contribution in [0, 0.1) is 18.2 Å². The molecule has 0 atom stereocenters. The fourth-order valence-electron chi connectivity index (χ4n) is 2.47. The maximum atomic E-state index is 13.8. The number of halogens is 1. The molecule has 0 radical (unpaired) electrons. The van der Waals surface area contributed by atoms with Crippen LogP contribution in [-0.2, 0) is 11.3 Å². The summed E-state index contributed by atoms with van der Waals surface area (Å²) in [6.45, 7) is 1.63. The van der Waals surface area contributed by atoms with E-state index in [0.717, 1.165) is 10.2 Å². The molecule has 0 aliphatic carbocycles. The number of hydrogen-bond acceptors (Lipinski definition) is 3. The molecule has 3 rings (SSSR count). The first-order valence-corrected chi connectivity index (χ1v) is 8.49. The molecule has 3 aromatic rings. The van der Waals surface area contributed by atoms with E-state index in [0.29, 0.717) is 10.5 Å². The summed E-state index contributed by atoms with van der Waals surface area (Å²) in [5.41, 5.74) is 1.31. The third-order valence-electron chi connectivity index (χ3n) is 3.55. The number of rotatable bonds is 3. The lowest BCUT2D eigenvalue weighted by atomic mass is 10.2. The second kappa shape index (κ2) is 7.33. The Kier molecular flexibility index (Phi) is 4.96. The highest BCUT2D eigenvalue weighted by Crippen LogP contribution is 2.22. The lowest BCUT2D eigenvalue weighted by molar-refractivity contribution is -0.114. The van der Waals surface area contributed by atoms with Crippen LogP contribution in [0.25, 0.3) is 10.2 Å². The molecule has 5 nitrogen and oxygen atoms in total. The summed E-state index contributed by atoms with van der Waals surface area (Å²) < 4.78 is 16.3. The number of aromatic nitrogens is 1. The van der Waals surface area contributed by atoms with Crippen molar-refractivity contribution in [2.75, 3.05) is 5.32 Å². The normalized spacial score (nSPS) is 11.3. The van der Waals surface area contributed by atoms with Gasteiger partial charge in [-0.1, -0.05) is 29.4 Å². The number of amides is 2. The van der Waals surface area contributed by atoms with E-state index < -0.39 is 11.7 Å². The number of fused-ring (bicyclic) bond motifs is 1. The van der Waals surface area contributed by atoms with E-state index in [-0.39, 0.29) is 18.0 Å². The molecule has 0 saturated heterocycles. The van der Waals surface area contributed by atoms with Gasteiger partial charge in [-0.05, 0) is 30.3 Å². The number of hydrogen-bond donors (Lipinski definition) is 1. The van der Waals surface area contributed by atoms with Crippen LogP contribution in [0.2, 0.25) is 0 Å². The molecule has 0 fully saturated rings. The van der Waals surface area contributed by atoms with Crippen molar-refractivity contribution in [2.24, 2.45) is 4.99 Å². The first-order valence-electron chi connectivity index (χ1n) is 7.67. The van der Waals surface area contributed by atoms with Gasteiger partial charge >= 0.3 is 0 Å². The van der Waals surface area contributed by atoms with Gasteiger partial charge < -0.3 is 9.88 Å². The van der Waals surface area contributed by atoms with Crippen molar-refractivity contribution in [1.29, 1.82) is 0 Å². The number of nitrogens with zero attached hydrogens (tertiary/aromatic N) is 2. The zero-order valence-corrected chi connectivity index (χ0v) is 14.6. The summed E-state index contributed by atoms with van der Waals surface area (Å²) in [6, 6.07) is 11.0. The number of benzene rings is 2. The average Bonchev–Trinajstić information content (AvgIpc) is 2.91. The Balaban J connectivity index is 2.13. The van der Waals surface area contributed by atoms with E-state index in [1.807, 2.05) is 0 Å². The van der Waals surface area contributed by atoms with Gasteiger partial charge in [-0.15, -0.1) is 6.42 Å². The van der Waals surface area contributed by atoms with Gasteiger partial charge in [0.05, 0.1) is 22.3 Å². The predicted molar refractivity (Wildman–Crippen MR) is 99.2 cm³/mol. The number of carbonyl (C=O) groups is 2. The number of thiazole rings is 1. The standard InChI is InChI=1S/C19H14FN3O2S/c1-3-10-23-16-9-8-13(21-12(2)24)11-17(16)26-19(23)22-18(25)14-6-4-5-7-15(14)20/h1,4-9,11H,10H2,2H3,(H,21,24). The van der Waals surface area contributed by atoms with Crippen molar-refractivity contribution in [3.8, 4) is 12.3 Å². The third kappa shape index (κ3) is 3.55. The zero-order valence-electron chi connectivity index (χ0n) is 13.8. The molecule has 7 heteroatoms. The molecule has 2 amide bonds. The van der Waals surface area contributed by atoms with E-state index in [2.05, 4.69) is 16.2 Å². The molecule has 0 bridgehead atoms. The fourth-order valence-corrected chi connectivity index (χ4v) is 3.53. The molecule has 1 heterocycles. The van der Waals surface area contributed by atoms with Gasteiger partial charge in [-0.2, -0.15) is 4.99 Å². The Bertz CT molecular complexity index is 1120. The molecule has 26 heavy (non-hydrogen) atoms. The summed E-state index contributed by atoms with van der Waals surface area (Å²) in [7, 11) is 0. The van der Waals surface area contributed by atoms with Crippen LogP contribution in [-0.4, -0.2) is 16.4 Å². The van der Waals surface area contributed by atoms with Crippen LogP contribution < -0.4 is 10.1 Å². The highest BCUT2D eigenvalue weighted by Gasteiger charge is 2.12. The van der Waals surface area contributed by atoms with E-state index in [1.54, 1.807) is 28.8 Å². The van der Waals surface area contributed by atoms with Gasteiger partial charge in [-0.25, -0.2) is 4.39 Å². The Labute approximate surface area is 152 Å². The smallest absolute Gasteiger partial charge is 0.282 e. The summed E-state index contributed by atoms with van der Waals surface area (Å²) in [4.78, 5) is 28.0. The van der Waals surface area contributed by atoms with Crippen LogP contribution in [0.1, 0.15) is 17.3 Å². The maximum absolute atomic E-state index is 13.8.